The molecule has 90 valence electrons. The minimum atomic E-state index is 0.314. The van der Waals surface area contributed by atoms with E-state index in [1.807, 2.05) is 0 Å². The summed E-state index contributed by atoms with van der Waals surface area (Å²) in [5.74, 6) is 0.774. The fourth-order valence-corrected chi connectivity index (χ4v) is 2.71. The number of nitrogens with two attached hydrogens (primary N) is 1. The van der Waals surface area contributed by atoms with Gasteiger partial charge in [0.15, 0.2) is 0 Å². The summed E-state index contributed by atoms with van der Waals surface area (Å²) in [7, 11) is 4.36. The van der Waals surface area contributed by atoms with Gasteiger partial charge in [0.2, 0.25) is 0 Å². The molecule has 1 fully saturated rings. The second-order valence-electron chi connectivity index (χ2n) is 5.52. The van der Waals surface area contributed by atoms with Gasteiger partial charge in [-0.25, -0.2) is 0 Å². The summed E-state index contributed by atoms with van der Waals surface area (Å²) in [6, 6.07) is 1.65. The van der Waals surface area contributed by atoms with Gasteiger partial charge in [-0.2, -0.15) is 0 Å². The van der Waals surface area contributed by atoms with Crippen molar-refractivity contribution < 1.29 is 0 Å². The Morgan fingerprint density at radius 3 is 2.33 bits per heavy atom. The molecule has 4 atom stereocenters. The number of hydrogen-bond acceptors (Lipinski definition) is 3. The van der Waals surface area contributed by atoms with Crippen molar-refractivity contribution in [1.82, 2.24) is 9.80 Å². The first-order valence-corrected chi connectivity index (χ1v) is 6.07. The lowest BCUT2D eigenvalue weighted by Gasteiger charge is -2.26. The Bertz CT molecular complexity index is 191. The highest BCUT2D eigenvalue weighted by Crippen LogP contribution is 2.23. The van der Waals surface area contributed by atoms with Crippen LogP contribution in [0.25, 0.3) is 0 Å². The van der Waals surface area contributed by atoms with Crippen LogP contribution in [0.2, 0.25) is 0 Å². The standard InChI is InChI=1S/C12H27N3/c1-9-7-15(8-12(9)14(4)5)11(3)6-10(2)13/h9-12H,6-8,13H2,1-5H3. The van der Waals surface area contributed by atoms with E-state index < -0.39 is 0 Å². The molecule has 1 heterocycles. The SMILES string of the molecule is CC(N)CC(C)N1CC(C)C(N(C)C)C1. The Kier molecular flexibility index (Phi) is 4.56. The highest BCUT2D eigenvalue weighted by atomic mass is 15.3. The molecule has 0 aromatic rings. The van der Waals surface area contributed by atoms with Crippen LogP contribution in [0.3, 0.4) is 0 Å². The molecular formula is C12H27N3. The predicted octanol–water partition coefficient (Wildman–Crippen LogP) is 0.994. The highest BCUT2D eigenvalue weighted by molar-refractivity contribution is 4.89. The maximum atomic E-state index is 5.85. The summed E-state index contributed by atoms with van der Waals surface area (Å²) >= 11 is 0. The summed E-state index contributed by atoms with van der Waals surface area (Å²) in [5.41, 5.74) is 5.85. The van der Waals surface area contributed by atoms with Crippen LogP contribution in [-0.2, 0) is 0 Å². The molecule has 0 aliphatic carbocycles. The first-order valence-electron chi connectivity index (χ1n) is 6.07. The predicted molar refractivity (Wildman–Crippen MR) is 65.9 cm³/mol. The molecule has 2 N–H and O–H groups in total. The van der Waals surface area contributed by atoms with Crippen molar-refractivity contribution >= 4 is 0 Å². The monoisotopic (exact) mass is 213 g/mol. The van der Waals surface area contributed by atoms with Crippen molar-refractivity contribution in [3.8, 4) is 0 Å². The van der Waals surface area contributed by atoms with Crippen LogP contribution >= 0.6 is 0 Å². The van der Waals surface area contributed by atoms with Gasteiger partial charge in [-0.1, -0.05) is 6.92 Å². The third-order valence-corrected chi connectivity index (χ3v) is 3.60. The van der Waals surface area contributed by atoms with Crippen LogP contribution in [0.5, 0.6) is 0 Å². The lowest BCUT2D eigenvalue weighted by molar-refractivity contribution is 0.212. The second kappa shape index (κ2) is 5.28. The van der Waals surface area contributed by atoms with Gasteiger partial charge in [0.05, 0.1) is 0 Å². The van der Waals surface area contributed by atoms with E-state index in [0.29, 0.717) is 18.1 Å². The molecule has 0 radical (unpaired) electrons. The Morgan fingerprint density at radius 2 is 1.93 bits per heavy atom. The van der Waals surface area contributed by atoms with Crippen molar-refractivity contribution in [3.05, 3.63) is 0 Å². The lowest BCUT2D eigenvalue weighted by Crippen LogP contribution is -2.38. The van der Waals surface area contributed by atoms with Crippen LogP contribution in [0.1, 0.15) is 27.2 Å². The van der Waals surface area contributed by atoms with E-state index in [1.165, 1.54) is 13.1 Å². The molecule has 4 unspecified atom stereocenters. The van der Waals surface area contributed by atoms with E-state index in [9.17, 15) is 0 Å². The molecule has 0 aromatic heterocycles. The Hall–Kier alpha value is -0.120. The molecular weight excluding hydrogens is 186 g/mol. The lowest BCUT2D eigenvalue weighted by atomic mass is 10.1. The van der Waals surface area contributed by atoms with E-state index in [0.717, 1.165) is 12.3 Å². The first kappa shape index (κ1) is 12.9. The topological polar surface area (TPSA) is 32.5 Å². The Morgan fingerprint density at radius 1 is 1.33 bits per heavy atom. The molecule has 3 nitrogen and oxygen atoms in total. The van der Waals surface area contributed by atoms with E-state index >= 15 is 0 Å². The molecule has 1 aliphatic rings. The van der Waals surface area contributed by atoms with Crippen LogP contribution in [-0.4, -0.2) is 55.1 Å². The number of rotatable bonds is 4. The van der Waals surface area contributed by atoms with Gasteiger partial charge in [0.1, 0.15) is 0 Å². The molecule has 0 bridgehead atoms. The minimum absolute atomic E-state index is 0.314. The molecule has 1 aliphatic heterocycles. The normalized spacial score (nSPS) is 32.2. The smallest absolute Gasteiger partial charge is 0.0254 e. The van der Waals surface area contributed by atoms with E-state index in [1.54, 1.807) is 0 Å². The van der Waals surface area contributed by atoms with E-state index in [4.69, 9.17) is 5.73 Å². The van der Waals surface area contributed by atoms with Gasteiger partial charge < -0.3 is 10.6 Å². The fraction of sp³-hybridized carbons (Fsp3) is 1.00. The average molecular weight is 213 g/mol. The zero-order chi connectivity index (χ0) is 11.6. The van der Waals surface area contributed by atoms with Gasteiger partial charge in [-0.05, 0) is 40.3 Å². The maximum absolute atomic E-state index is 5.85. The van der Waals surface area contributed by atoms with Crippen LogP contribution < -0.4 is 5.73 Å². The van der Waals surface area contributed by atoms with E-state index in [2.05, 4.69) is 44.7 Å². The Labute approximate surface area is 94.6 Å². The quantitative estimate of drug-likeness (QED) is 0.756. The zero-order valence-corrected chi connectivity index (χ0v) is 10.9. The second-order valence-corrected chi connectivity index (χ2v) is 5.52. The molecule has 0 spiro atoms. The van der Waals surface area contributed by atoms with Crippen molar-refractivity contribution in [2.45, 2.75) is 45.3 Å². The van der Waals surface area contributed by atoms with Crippen molar-refractivity contribution in [3.63, 3.8) is 0 Å². The average Bonchev–Trinajstić information content (AvgIpc) is 2.46. The summed E-state index contributed by atoms with van der Waals surface area (Å²) < 4.78 is 0. The van der Waals surface area contributed by atoms with Gasteiger partial charge in [-0.15, -0.1) is 0 Å². The molecule has 1 rings (SSSR count). The van der Waals surface area contributed by atoms with Crippen LogP contribution in [0, 0.1) is 5.92 Å². The zero-order valence-electron chi connectivity index (χ0n) is 10.9. The summed E-state index contributed by atoms with van der Waals surface area (Å²) in [4.78, 5) is 4.93. The molecule has 3 heteroatoms. The van der Waals surface area contributed by atoms with Gasteiger partial charge in [-0.3, -0.25) is 4.90 Å². The third-order valence-electron chi connectivity index (χ3n) is 3.60. The number of likely N-dealkylation sites (N-methyl/N-ethyl adjacent to an activating group) is 1. The summed E-state index contributed by atoms with van der Waals surface area (Å²) in [5, 5.41) is 0. The number of likely N-dealkylation sites (tertiary alicyclic amines) is 1. The molecule has 15 heavy (non-hydrogen) atoms. The van der Waals surface area contributed by atoms with E-state index in [-0.39, 0.29) is 0 Å². The van der Waals surface area contributed by atoms with Gasteiger partial charge in [0.25, 0.3) is 0 Å². The van der Waals surface area contributed by atoms with Crippen LogP contribution in [0.15, 0.2) is 0 Å². The van der Waals surface area contributed by atoms with Crippen molar-refractivity contribution in [2.75, 3.05) is 27.2 Å². The van der Waals surface area contributed by atoms with Crippen molar-refractivity contribution in [1.29, 1.82) is 0 Å². The maximum Gasteiger partial charge on any atom is 0.0254 e. The molecule has 0 amide bonds. The number of hydrogen-bond donors (Lipinski definition) is 1. The molecule has 0 aromatic carbocycles. The summed E-state index contributed by atoms with van der Waals surface area (Å²) in [6.07, 6.45) is 1.10. The largest absolute Gasteiger partial charge is 0.328 e. The van der Waals surface area contributed by atoms with Gasteiger partial charge >= 0.3 is 0 Å². The van der Waals surface area contributed by atoms with Gasteiger partial charge in [0, 0.05) is 31.2 Å². The number of nitrogens with zero attached hydrogens (tertiary/aromatic N) is 2. The highest BCUT2D eigenvalue weighted by Gasteiger charge is 2.33. The summed E-state index contributed by atoms with van der Waals surface area (Å²) in [6.45, 7) is 9.16. The Balaban J connectivity index is 2.46. The first-order chi connectivity index (χ1) is 6.91. The minimum Gasteiger partial charge on any atom is -0.328 e. The fourth-order valence-electron chi connectivity index (χ4n) is 2.71. The van der Waals surface area contributed by atoms with Crippen LogP contribution in [0.4, 0.5) is 0 Å². The molecule has 1 saturated heterocycles. The van der Waals surface area contributed by atoms with Crippen molar-refractivity contribution in [2.24, 2.45) is 11.7 Å². The molecule has 0 saturated carbocycles. The third kappa shape index (κ3) is 3.44.